The largest absolute Gasteiger partial charge is 0.480 e. The molecule has 21 heavy (non-hydrogen) atoms. The number of para-hydroxylation sites is 1. The number of carbonyl (C=O) groups excluding carboxylic acids is 1. The van der Waals surface area contributed by atoms with E-state index < -0.39 is 12.0 Å². The summed E-state index contributed by atoms with van der Waals surface area (Å²) in [5.74, 6) is -0.954. The van der Waals surface area contributed by atoms with Crippen molar-refractivity contribution in [2.75, 3.05) is 4.90 Å². The lowest BCUT2D eigenvalue weighted by atomic mass is 9.96. The van der Waals surface area contributed by atoms with Gasteiger partial charge < -0.3 is 10.4 Å². The summed E-state index contributed by atoms with van der Waals surface area (Å²) >= 11 is 0. The number of rotatable bonds is 2. The first kappa shape index (κ1) is 13.9. The number of carboxylic acid groups (broad SMARTS) is 1. The minimum atomic E-state index is -0.954. The van der Waals surface area contributed by atoms with E-state index in [0.717, 1.165) is 36.9 Å². The van der Waals surface area contributed by atoms with Crippen LogP contribution in [0.15, 0.2) is 24.3 Å². The molecule has 2 amide bonds. The van der Waals surface area contributed by atoms with E-state index in [1.165, 1.54) is 11.3 Å². The summed E-state index contributed by atoms with van der Waals surface area (Å²) in [4.78, 5) is 25.4. The zero-order valence-corrected chi connectivity index (χ0v) is 11.9. The molecule has 1 heterocycles. The molecule has 5 nitrogen and oxygen atoms in total. The van der Waals surface area contributed by atoms with E-state index in [9.17, 15) is 14.7 Å². The number of aliphatic carboxylic acids is 1. The van der Waals surface area contributed by atoms with Gasteiger partial charge in [-0.3, -0.25) is 4.90 Å². The van der Waals surface area contributed by atoms with E-state index in [2.05, 4.69) is 5.32 Å². The fourth-order valence-corrected chi connectivity index (χ4v) is 3.33. The Morgan fingerprint density at radius 1 is 1.14 bits per heavy atom. The molecule has 0 bridgehead atoms. The number of anilines is 1. The molecule has 0 radical (unpaired) electrons. The predicted octanol–water partition coefficient (Wildman–Crippen LogP) is 2.54. The van der Waals surface area contributed by atoms with Crippen LogP contribution in [0.25, 0.3) is 0 Å². The summed E-state index contributed by atoms with van der Waals surface area (Å²) in [6.45, 7) is 0. The number of benzene rings is 1. The van der Waals surface area contributed by atoms with Crippen LogP contribution in [-0.2, 0) is 11.2 Å². The molecule has 0 spiro atoms. The van der Waals surface area contributed by atoms with E-state index in [1.54, 1.807) is 0 Å². The van der Waals surface area contributed by atoms with Gasteiger partial charge in [-0.2, -0.15) is 0 Å². The molecule has 0 saturated heterocycles. The molecular formula is C16H20N2O3. The molecule has 3 rings (SSSR count). The molecule has 1 aliphatic carbocycles. The van der Waals surface area contributed by atoms with Crippen molar-refractivity contribution in [3.63, 3.8) is 0 Å². The number of hydrogen-bond acceptors (Lipinski definition) is 2. The molecule has 1 saturated carbocycles. The average Bonchev–Trinajstić information content (AvgIpc) is 2.88. The van der Waals surface area contributed by atoms with Gasteiger partial charge in [0.05, 0.1) is 0 Å². The molecule has 1 atom stereocenters. The predicted molar refractivity (Wildman–Crippen MR) is 79.5 cm³/mol. The zero-order valence-electron chi connectivity index (χ0n) is 11.9. The lowest BCUT2D eigenvalue weighted by Gasteiger charge is -2.28. The molecule has 2 N–H and O–H groups in total. The highest BCUT2D eigenvalue weighted by Gasteiger charge is 2.38. The minimum absolute atomic E-state index is 0.174. The SMILES string of the molecule is O=C(O)[C@@H]1Cc2ccccc2N1C(=O)NC1CCCCC1. The van der Waals surface area contributed by atoms with E-state index in [4.69, 9.17) is 0 Å². The van der Waals surface area contributed by atoms with Crippen molar-refractivity contribution in [1.29, 1.82) is 0 Å². The third kappa shape index (κ3) is 2.73. The Kier molecular flexibility index (Phi) is 3.82. The third-order valence-corrected chi connectivity index (χ3v) is 4.41. The number of carboxylic acids is 1. The van der Waals surface area contributed by atoms with Crippen molar-refractivity contribution in [1.82, 2.24) is 5.32 Å². The first-order valence-electron chi connectivity index (χ1n) is 7.57. The highest BCUT2D eigenvalue weighted by atomic mass is 16.4. The standard InChI is InChI=1S/C16H20N2O3/c19-15(20)14-10-11-6-4-5-9-13(11)18(14)16(21)17-12-7-2-1-3-8-12/h4-6,9,12,14H,1-3,7-8,10H2,(H,17,21)(H,19,20)/t14-/m0/s1. The van der Waals surface area contributed by atoms with Gasteiger partial charge >= 0.3 is 12.0 Å². The molecular weight excluding hydrogens is 268 g/mol. The van der Waals surface area contributed by atoms with Gasteiger partial charge in [-0.05, 0) is 24.5 Å². The Morgan fingerprint density at radius 2 is 1.86 bits per heavy atom. The van der Waals surface area contributed by atoms with Gasteiger partial charge in [0.2, 0.25) is 0 Å². The number of amides is 2. The van der Waals surface area contributed by atoms with E-state index in [1.807, 2.05) is 24.3 Å². The molecule has 0 unspecified atom stereocenters. The molecule has 1 aromatic carbocycles. The van der Waals surface area contributed by atoms with Crippen LogP contribution < -0.4 is 10.2 Å². The van der Waals surface area contributed by atoms with E-state index >= 15 is 0 Å². The topological polar surface area (TPSA) is 69.6 Å². The van der Waals surface area contributed by atoms with Crippen molar-refractivity contribution in [3.05, 3.63) is 29.8 Å². The van der Waals surface area contributed by atoms with Gasteiger partial charge in [-0.15, -0.1) is 0 Å². The average molecular weight is 288 g/mol. The summed E-state index contributed by atoms with van der Waals surface area (Å²) in [7, 11) is 0. The van der Waals surface area contributed by atoms with Crippen LogP contribution in [0.4, 0.5) is 10.5 Å². The smallest absolute Gasteiger partial charge is 0.327 e. The number of hydrogen-bond donors (Lipinski definition) is 2. The number of nitrogens with one attached hydrogen (secondary N) is 1. The fraction of sp³-hybridized carbons (Fsp3) is 0.500. The van der Waals surface area contributed by atoms with Crippen LogP contribution in [0.1, 0.15) is 37.7 Å². The van der Waals surface area contributed by atoms with Crippen molar-refractivity contribution in [3.8, 4) is 0 Å². The number of nitrogens with zero attached hydrogens (tertiary/aromatic N) is 1. The zero-order chi connectivity index (χ0) is 14.8. The first-order chi connectivity index (χ1) is 10.2. The lowest BCUT2D eigenvalue weighted by molar-refractivity contribution is -0.138. The number of carbonyl (C=O) groups is 2. The summed E-state index contributed by atoms with van der Waals surface area (Å²) < 4.78 is 0. The normalized spacial score (nSPS) is 21.9. The maximum Gasteiger partial charge on any atom is 0.327 e. The van der Waals surface area contributed by atoms with E-state index in [0.29, 0.717) is 6.42 Å². The van der Waals surface area contributed by atoms with Gasteiger partial charge in [-0.25, -0.2) is 9.59 Å². The quantitative estimate of drug-likeness (QED) is 0.878. The third-order valence-electron chi connectivity index (χ3n) is 4.41. The highest BCUT2D eigenvalue weighted by Crippen LogP contribution is 2.32. The molecule has 0 aromatic heterocycles. The maximum atomic E-state index is 12.5. The van der Waals surface area contributed by atoms with Gasteiger partial charge in [0.1, 0.15) is 6.04 Å². The first-order valence-corrected chi connectivity index (χ1v) is 7.57. The second-order valence-electron chi connectivity index (χ2n) is 5.84. The van der Waals surface area contributed by atoms with Gasteiger partial charge in [0, 0.05) is 18.2 Å². The van der Waals surface area contributed by atoms with Crippen LogP contribution in [-0.4, -0.2) is 29.2 Å². The molecule has 112 valence electrons. The summed E-state index contributed by atoms with van der Waals surface area (Å²) in [6.07, 6.45) is 5.83. The van der Waals surface area contributed by atoms with Crippen LogP contribution in [0, 0.1) is 0 Å². The summed E-state index contributed by atoms with van der Waals surface area (Å²) in [5, 5.41) is 12.4. The lowest BCUT2D eigenvalue weighted by Crippen LogP contribution is -2.51. The van der Waals surface area contributed by atoms with Crippen molar-refractivity contribution >= 4 is 17.7 Å². The van der Waals surface area contributed by atoms with E-state index in [-0.39, 0.29) is 12.1 Å². The minimum Gasteiger partial charge on any atom is -0.480 e. The Morgan fingerprint density at radius 3 is 2.57 bits per heavy atom. The fourth-order valence-electron chi connectivity index (χ4n) is 3.33. The molecule has 1 aromatic rings. The van der Waals surface area contributed by atoms with Crippen LogP contribution in [0.2, 0.25) is 0 Å². The molecule has 5 heteroatoms. The van der Waals surface area contributed by atoms with Crippen LogP contribution in [0.5, 0.6) is 0 Å². The highest BCUT2D eigenvalue weighted by molar-refractivity contribution is 6.01. The number of urea groups is 1. The molecule has 1 aliphatic heterocycles. The summed E-state index contributed by atoms with van der Waals surface area (Å²) in [6, 6.07) is 6.51. The van der Waals surface area contributed by atoms with Crippen molar-refractivity contribution in [2.45, 2.75) is 50.6 Å². The Balaban J connectivity index is 1.80. The van der Waals surface area contributed by atoms with Gasteiger partial charge in [0.15, 0.2) is 0 Å². The number of fused-ring (bicyclic) bond motifs is 1. The van der Waals surface area contributed by atoms with Crippen LogP contribution >= 0.6 is 0 Å². The van der Waals surface area contributed by atoms with Gasteiger partial charge in [0.25, 0.3) is 0 Å². The molecule has 2 aliphatic rings. The Bertz CT molecular complexity index is 552. The molecule has 1 fully saturated rings. The second kappa shape index (κ2) is 5.76. The second-order valence-corrected chi connectivity index (χ2v) is 5.84. The van der Waals surface area contributed by atoms with Gasteiger partial charge in [-0.1, -0.05) is 37.5 Å². The Hall–Kier alpha value is -2.04. The van der Waals surface area contributed by atoms with Crippen LogP contribution in [0.3, 0.4) is 0 Å². The summed E-state index contributed by atoms with van der Waals surface area (Å²) in [5.41, 5.74) is 1.64. The van der Waals surface area contributed by atoms with Crippen molar-refractivity contribution in [2.24, 2.45) is 0 Å². The monoisotopic (exact) mass is 288 g/mol. The van der Waals surface area contributed by atoms with Crippen molar-refractivity contribution < 1.29 is 14.7 Å². The Labute approximate surface area is 123 Å². The maximum absolute atomic E-state index is 12.5.